The third-order valence-electron chi connectivity index (χ3n) is 1.38. The summed E-state index contributed by atoms with van der Waals surface area (Å²) in [5.74, 6) is -0.366. The van der Waals surface area contributed by atoms with Crippen LogP contribution in [0.5, 0.6) is 5.75 Å². The van der Waals surface area contributed by atoms with Gasteiger partial charge in [0.1, 0.15) is 5.75 Å². The molecule has 1 aromatic rings. The second-order valence-corrected chi connectivity index (χ2v) is 2.39. The molecule has 0 atom stereocenters. The number of nitro benzene ring substituents is 1. The lowest BCUT2D eigenvalue weighted by molar-refractivity contribution is -0.384. The Morgan fingerprint density at radius 1 is 1.33 bits per heavy atom. The Morgan fingerprint density at radius 2 is 2.00 bits per heavy atom. The number of nitro groups is 1. The summed E-state index contributed by atoms with van der Waals surface area (Å²) in [7, 11) is 0. The smallest absolute Gasteiger partial charge is 0.344 e. The molecular weight excluding hydrogens is 215 g/mol. The summed E-state index contributed by atoms with van der Waals surface area (Å²) >= 11 is 0. The molecule has 0 N–H and O–H groups in total. The number of benzene rings is 1. The molecule has 0 aromatic heterocycles. The maximum Gasteiger partial charge on any atom is 0.344 e. The fraction of sp³-hybridized carbons (Fsp3) is 0. The zero-order valence-corrected chi connectivity index (χ0v) is 7.12. The summed E-state index contributed by atoms with van der Waals surface area (Å²) in [6.07, 6.45) is -2.62. The Balaban J connectivity index is 2.92. The molecule has 0 aliphatic carbocycles. The zero-order valence-electron chi connectivity index (χ0n) is 7.12. The summed E-state index contributed by atoms with van der Waals surface area (Å²) < 4.78 is 39.5. The number of hydrogen-bond acceptors (Lipinski definition) is 3. The van der Waals surface area contributed by atoms with Gasteiger partial charge in [-0.1, -0.05) is 6.07 Å². The molecule has 0 spiro atoms. The van der Waals surface area contributed by atoms with Crippen molar-refractivity contribution < 1.29 is 22.8 Å². The normalized spacial score (nSPS) is 9.53. The van der Waals surface area contributed by atoms with Crippen LogP contribution in [0, 0.1) is 10.1 Å². The Bertz CT molecular complexity index is 415. The molecular formula is C8H4F3NO3. The van der Waals surface area contributed by atoms with Gasteiger partial charge in [-0.25, -0.2) is 0 Å². The van der Waals surface area contributed by atoms with Crippen LogP contribution in [-0.4, -0.2) is 4.92 Å². The molecule has 15 heavy (non-hydrogen) atoms. The van der Waals surface area contributed by atoms with E-state index < -0.39 is 17.0 Å². The molecule has 0 aliphatic rings. The molecule has 0 heterocycles. The first kappa shape index (κ1) is 11.0. The van der Waals surface area contributed by atoms with E-state index in [9.17, 15) is 23.3 Å². The minimum Gasteiger partial charge on any atom is -0.428 e. The minimum absolute atomic E-state index is 0.366. The second-order valence-electron chi connectivity index (χ2n) is 2.39. The quantitative estimate of drug-likeness (QED) is 0.446. The van der Waals surface area contributed by atoms with Crippen molar-refractivity contribution in [1.29, 1.82) is 0 Å². The van der Waals surface area contributed by atoms with Crippen molar-refractivity contribution in [1.82, 2.24) is 0 Å². The molecule has 0 amide bonds. The van der Waals surface area contributed by atoms with Gasteiger partial charge in [0.25, 0.3) is 5.69 Å². The Labute approximate surface area is 81.7 Å². The van der Waals surface area contributed by atoms with Gasteiger partial charge >= 0.3 is 12.1 Å². The van der Waals surface area contributed by atoms with Crippen LogP contribution >= 0.6 is 0 Å². The topological polar surface area (TPSA) is 52.4 Å². The predicted octanol–water partition coefficient (Wildman–Crippen LogP) is 3.01. The minimum atomic E-state index is -2.62. The first-order valence-electron chi connectivity index (χ1n) is 3.64. The van der Waals surface area contributed by atoms with E-state index in [0.29, 0.717) is 0 Å². The third-order valence-corrected chi connectivity index (χ3v) is 1.38. The van der Waals surface area contributed by atoms with E-state index in [-0.39, 0.29) is 11.4 Å². The number of rotatable bonds is 3. The van der Waals surface area contributed by atoms with Crippen LogP contribution < -0.4 is 4.74 Å². The highest BCUT2D eigenvalue weighted by atomic mass is 19.3. The van der Waals surface area contributed by atoms with Crippen molar-refractivity contribution in [3.8, 4) is 5.75 Å². The predicted molar refractivity (Wildman–Crippen MR) is 44.1 cm³/mol. The van der Waals surface area contributed by atoms with Gasteiger partial charge in [-0.3, -0.25) is 10.1 Å². The van der Waals surface area contributed by atoms with Gasteiger partial charge in [-0.05, 0) is 6.07 Å². The average Bonchev–Trinajstić information content (AvgIpc) is 2.18. The van der Waals surface area contributed by atoms with Crippen molar-refractivity contribution in [2.45, 2.75) is 0 Å². The lowest BCUT2D eigenvalue weighted by Gasteiger charge is -2.00. The van der Waals surface area contributed by atoms with E-state index in [1.54, 1.807) is 0 Å². The largest absolute Gasteiger partial charge is 0.428 e. The van der Waals surface area contributed by atoms with Crippen LogP contribution in [0.25, 0.3) is 0 Å². The lowest BCUT2D eigenvalue weighted by Crippen LogP contribution is -1.92. The van der Waals surface area contributed by atoms with Gasteiger partial charge in [0, 0.05) is 6.07 Å². The van der Waals surface area contributed by atoms with Gasteiger partial charge in [-0.2, -0.15) is 13.2 Å². The van der Waals surface area contributed by atoms with Crippen LogP contribution in [-0.2, 0) is 0 Å². The Kier molecular flexibility index (Phi) is 3.27. The van der Waals surface area contributed by atoms with Gasteiger partial charge in [0.05, 0.1) is 11.0 Å². The van der Waals surface area contributed by atoms with Crippen LogP contribution in [0.2, 0.25) is 0 Å². The third kappa shape index (κ3) is 2.97. The number of non-ortho nitro benzene ring substituents is 1. The number of hydrogen-bond donors (Lipinski definition) is 0. The first-order valence-corrected chi connectivity index (χ1v) is 3.64. The fourth-order valence-corrected chi connectivity index (χ4v) is 0.803. The van der Waals surface area contributed by atoms with E-state index in [1.165, 1.54) is 6.07 Å². The van der Waals surface area contributed by atoms with Gasteiger partial charge in [0.15, 0.2) is 0 Å². The molecule has 1 rings (SSSR count). The van der Waals surface area contributed by atoms with E-state index in [0.717, 1.165) is 18.2 Å². The molecule has 7 heteroatoms. The van der Waals surface area contributed by atoms with Crippen molar-refractivity contribution in [3.05, 3.63) is 46.5 Å². The lowest BCUT2D eigenvalue weighted by atomic mass is 10.3. The summed E-state index contributed by atoms with van der Waals surface area (Å²) in [4.78, 5) is 9.52. The maximum absolute atomic E-state index is 12.3. The van der Waals surface area contributed by atoms with Crippen LogP contribution in [0.15, 0.2) is 36.4 Å². The highest BCUT2D eigenvalue weighted by Crippen LogP contribution is 2.22. The van der Waals surface area contributed by atoms with E-state index >= 15 is 0 Å². The van der Waals surface area contributed by atoms with E-state index in [1.807, 2.05) is 0 Å². The maximum atomic E-state index is 12.3. The molecule has 0 bridgehead atoms. The zero-order chi connectivity index (χ0) is 11.4. The molecule has 0 radical (unpaired) electrons. The van der Waals surface area contributed by atoms with Crippen LogP contribution in [0.1, 0.15) is 0 Å². The standard InChI is InChI=1S/C8H4F3NO3/c9-7(10)8(11)15-6-3-1-2-5(4-6)12(13)14/h1-4H. The summed E-state index contributed by atoms with van der Waals surface area (Å²) in [5.41, 5.74) is -0.375. The molecule has 0 fully saturated rings. The first-order chi connectivity index (χ1) is 7.00. The molecule has 0 saturated carbocycles. The average molecular weight is 219 g/mol. The highest BCUT2D eigenvalue weighted by molar-refractivity contribution is 5.38. The summed E-state index contributed by atoms with van der Waals surface area (Å²) in [6.45, 7) is 0. The van der Waals surface area contributed by atoms with Gasteiger partial charge in [0.2, 0.25) is 0 Å². The number of ether oxygens (including phenoxy) is 1. The van der Waals surface area contributed by atoms with Crippen molar-refractivity contribution in [2.24, 2.45) is 0 Å². The monoisotopic (exact) mass is 219 g/mol. The fourth-order valence-electron chi connectivity index (χ4n) is 0.803. The SMILES string of the molecule is O=[N+]([O-])c1cccc(OC(F)=C(F)F)c1. The Morgan fingerprint density at radius 3 is 2.53 bits per heavy atom. The Hall–Kier alpha value is -2.05. The van der Waals surface area contributed by atoms with Gasteiger partial charge in [-0.15, -0.1) is 0 Å². The molecule has 1 aromatic carbocycles. The second kappa shape index (κ2) is 4.45. The molecule has 80 valence electrons. The molecule has 0 aliphatic heterocycles. The van der Waals surface area contributed by atoms with E-state index in [4.69, 9.17) is 0 Å². The van der Waals surface area contributed by atoms with Crippen molar-refractivity contribution >= 4 is 5.69 Å². The van der Waals surface area contributed by atoms with Crippen LogP contribution in [0.3, 0.4) is 0 Å². The van der Waals surface area contributed by atoms with Crippen LogP contribution in [0.4, 0.5) is 18.9 Å². The number of halogens is 3. The molecule has 0 unspecified atom stereocenters. The van der Waals surface area contributed by atoms with Crippen molar-refractivity contribution in [2.75, 3.05) is 0 Å². The van der Waals surface area contributed by atoms with Crippen molar-refractivity contribution in [3.63, 3.8) is 0 Å². The summed E-state index contributed by atoms with van der Waals surface area (Å²) in [6, 6.07) is 2.20. The van der Waals surface area contributed by atoms with E-state index in [2.05, 4.69) is 4.74 Å². The summed E-state index contributed by atoms with van der Waals surface area (Å²) in [5, 5.41) is 10.3. The number of nitrogens with zero attached hydrogens (tertiary/aromatic N) is 1. The van der Waals surface area contributed by atoms with Gasteiger partial charge < -0.3 is 4.74 Å². The molecule has 4 nitrogen and oxygen atoms in total. The highest BCUT2D eigenvalue weighted by Gasteiger charge is 2.11. The molecule has 0 saturated heterocycles.